The van der Waals surface area contributed by atoms with Gasteiger partial charge in [0.05, 0.1) is 33.5 Å². The van der Waals surface area contributed by atoms with Gasteiger partial charge in [-0.25, -0.2) is 9.97 Å². The quantitative estimate of drug-likeness (QED) is 0.201. The highest BCUT2D eigenvalue weighted by Gasteiger charge is 2.19. The van der Waals surface area contributed by atoms with E-state index in [1.807, 2.05) is 23.5 Å². The van der Waals surface area contributed by atoms with Crippen molar-refractivity contribution in [2.75, 3.05) is 0 Å². The molecule has 3 heterocycles. The summed E-state index contributed by atoms with van der Waals surface area (Å²) in [7, 11) is 0. The van der Waals surface area contributed by atoms with Crippen LogP contribution in [0.1, 0.15) is 0 Å². The van der Waals surface area contributed by atoms with Crippen LogP contribution in [-0.2, 0) is 0 Å². The van der Waals surface area contributed by atoms with Crippen LogP contribution in [0.15, 0.2) is 152 Å². The first-order chi connectivity index (χ1) is 22.8. The van der Waals surface area contributed by atoms with Crippen molar-refractivity contribution in [3.63, 3.8) is 0 Å². The first-order valence-electron chi connectivity index (χ1n) is 15.5. The molecule has 46 heavy (non-hydrogen) atoms. The molecule has 0 bridgehead atoms. The summed E-state index contributed by atoms with van der Waals surface area (Å²) in [5.74, 6) is 0. The average Bonchev–Trinajstić information content (AvgIpc) is 3.66. The van der Waals surface area contributed by atoms with Crippen molar-refractivity contribution in [1.82, 2.24) is 14.5 Å². The fourth-order valence-corrected chi connectivity index (χ4v) is 8.27. The van der Waals surface area contributed by atoms with Crippen LogP contribution in [0.4, 0.5) is 0 Å². The highest BCUT2D eigenvalue weighted by Crippen LogP contribution is 2.42. The lowest BCUT2D eigenvalue weighted by Crippen LogP contribution is -1.98. The Balaban J connectivity index is 1.25. The first-order valence-corrected chi connectivity index (χ1v) is 16.3. The third kappa shape index (κ3) is 3.77. The van der Waals surface area contributed by atoms with E-state index in [-0.39, 0.29) is 0 Å². The van der Waals surface area contributed by atoms with E-state index in [4.69, 9.17) is 9.97 Å². The molecule has 0 saturated carbocycles. The predicted molar refractivity (Wildman–Crippen MR) is 195 cm³/mol. The van der Waals surface area contributed by atoms with Crippen LogP contribution in [0.25, 0.3) is 92.0 Å². The Labute approximate surface area is 268 Å². The third-order valence-corrected chi connectivity index (χ3v) is 10.4. The van der Waals surface area contributed by atoms with E-state index in [1.54, 1.807) is 0 Å². The lowest BCUT2D eigenvalue weighted by atomic mass is 10.0. The number of thiophene rings is 1. The number of nitrogens with zero attached hydrogens (tertiary/aromatic N) is 3. The Morgan fingerprint density at radius 3 is 2.00 bits per heavy atom. The summed E-state index contributed by atoms with van der Waals surface area (Å²) in [6.45, 7) is 0. The molecule has 0 saturated heterocycles. The Kier molecular flexibility index (Phi) is 5.45. The van der Waals surface area contributed by atoms with E-state index in [0.29, 0.717) is 0 Å². The van der Waals surface area contributed by atoms with Gasteiger partial charge >= 0.3 is 0 Å². The Morgan fingerprint density at radius 2 is 1.13 bits per heavy atom. The number of rotatable bonds is 3. The fraction of sp³-hybridized carbons (Fsp3) is 0. The van der Waals surface area contributed by atoms with Crippen LogP contribution in [-0.4, -0.2) is 14.5 Å². The van der Waals surface area contributed by atoms with E-state index in [0.717, 1.165) is 39.2 Å². The van der Waals surface area contributed by atoms with E-state index in [9.17, 15) is 0 Å². The summed E-state index contributed by atoms with van der Waals surface area (Å²) in [6.07, 6.45) is 0. The molecule has 0 atom stereocenters. The zero-order chi connectivity index (χ0) is 30.2. The molecule has 0 aliphatic rings. The smallest absolute Gasteiger partial charge is 0.0987 e. The van der Waals surface area contributed by atoms with Crippen molar-refractivity contribution < 1.29 is 0 Å². The van der Waals surface area contributed by atoms with Gasteiger partial charge in [0.15, 0.2) is 0 Å². The minimum absolute atomic E-state index is 0.886. The van der Waals surface area contributed by atoms with Crippen LogP contribution < -0.4 is 0 Å². The number of aromatic nitrogens is 3. The van der Waals surface area contributed by atoms with E-state index >= 15 is 0 Å². The van der Waals surface area contributed by atoms with Crippen LogP contribution in [0.5, 0.6) is 0 Å². The number of benzene rings is 7. The van der Waals surface area contributed by atoms with Crippen molar-refractivity contribution in [3.05, 3.63) is 152 Å². The fourth-order valence-electron chi connectivity index (χ4n) is 7.05. The van der Waals surface area contributed by atoms with Gasteiger partial charge in [-0.05, 0) is 59.3 Å². The maximum atomic E-state index is 5.31. The van der Waals surface area contributed by atoms with Crippen molar-refractivity contribution in [2.24, 2.45) is 0 Å². The lowest BCUT2D eigenvalue weighted by molar-refractivity contribution is 1.18. The van der Waals surface area contributed by atoms with Crippen LogP contribution >= 0.6 is 11.3 Å². The molecular weight excluding hydrogens is 579 g/mol. The Morgan fingerprint density at radius 1 is 0.457 bits per heavy atom. The second-order valence-electron chi connectivity index (χ2n) is 11.8. The Bertz CT molecular complexity index is 2820. The summed E-state index contributed by atoms with van der Waals surface area (Å²) >= 11 is 1.83. The topological polar surface area (TPSA) is 30.7 Å². The molecule has 214 valence electrons. The van der Waals surface area contributed by atoms with Gasteiger partial charge in [-0.15, -0.1) is 11.3 Å². The second-order valence-corrected chi connectivity index (χ2v) is 12.9. The molecule has 0 unspecified atom stereocenters. The molecule has 0 fully saturated rings. The van der Waals surface area contributed by atoms with Gasteiger partial charge in [-0.1, -0.05) is 103 Å². The molecule has 3 aromatic heterocycles. The van der Waals surface area contributed by atoms with Gasteiger partial charge in [-0.2, -0.15) is 0 Å². The van der Waals surface area contributed by atoms with E-state index in [1.165, 1.54) is 52.8 Å². The van der Waals surface area contributed by atoms with Crippen LogP contribution in [0.2, 0.25) is 0 Å². The summed E-state index contributed by atoms with van der Waals surface area (Å²) in [5.41, 5.74) is 9.19. The molecule has 0 aliphatic heterocycles. The normalized spacial score (nSPS) is 11.9. The summed E-state index contributed by atoms with van der Waals surface area (Å²) in [5, 5.41) is 7.51. The molecule has 0 spiro atoms. The first kappa shape index (κ1) is 25.5. The van der Waals surface area contributed by atoms with Gasteiger partial charge in [0.2, 0.25) is 0 Å². The van der Waals surface area contributed by atoms with Gasteiger partial charge in [-0.3, -0.25) is 0 Å². The minimum atomic E-state index is 0.886. The van der Waals surface area contributed by atoms with Crippen LogP contribution in [0, 0.1) is 0 Å². The van der Waals surface area contributed by atoms with Gasteiger partial charge in [0.25, 0.3) is 0 Å². The summed E-state index contributed by atoms with van der Waals surface area (Å²) in [6, 6.07) is 54.1. The molecule has 7 aromatic carbocycles. The average molecular weight is 604 g/mol. The van der Waals surface area contributed by atoms with Crippen molar-refractivity contribution in [3.8, 4) is 28.2 Å². The molecule has 3 nitrogen and oxygen atoms in total. The zero-order valence-corrected chi connectivity index (χ0v) is 25.5. The second kappa shape index (κ2) is 9.83. The number of para-hydroxylation sites is 3. The standard InChI is InChI=1S/C42H25N3S/c1-2-12-27-25-38-34(24-26(27)11-1)30-15-3-7-21-37(30)45(38)29-14-9-13-28(23-29)40-41(44-36-20-6-5-19-35(36)43-40)33-18-10-17-32-31-16-4-8-22-39(31)46-42(32)33/h1-25H. The molecular formula is C42H25N3S. The van der Waals surface area contributed by atoms with Crippen LogP contribution in [0.3, 0.4) is 0 Å². The summed E-state index contributed by atoms with van der Waals surface area (Å²) < 4.78 is 4.91. The van der Waals surface area contributed by atoms with Crippen molar-refractivity contribution in [1.29, 1.82) is 0 Å². The number of hydrogen-bond acceptors (Lipinski definition) is 3. The van der Waals surface area contributed by atoms with Gasteiger partial charge in [0.1, 0.15) is 0 Å². The van der Waals surface area contributed by atoms with E-state index < -0.39 is 0 Å². The van der Waals surface area contributed by atoms with Gasteiger partial charge < -0.3 is 4.57 Å². The molecule has 10 aromatic rings. The monoisotopic (exact) mass is 603 g/mol. The minimum Gasteiger partial charge on any atom is -0.309 e. The van der Waals surface area contributed by atoms with Gasteiger partial charge in [0, 0.05) is 47.8 Å². The molecule has 4 heteroatoms. The maximum Gasteiger partial charge on any atom is 0.0987 e. The molecule has 0 radical (unpaired) electrons. The highest BCUT2D eigenvalue weighted by molar-refractivity contribution is 7.26. The van der Waals surface area contributed by atoms with Crippen molar-refractivity contribution in [2.45, 2.75) is 0 Å². The maximum absolute atomic E-state index is 5.31. The van der Waals surface area contributed by atoms with Crippen molar-refractivity contribution >= 4 is 75.1 Å². The third-order valence-electron chi connectivity index (χ3n) is 9.15. The zero-order valence-electron chi connectivity index (χ0n) is 24.7. The number of hydrogen-bond donors (Lipinski definition) is 0. The Hall–Kier alpha value is -5.84. The van der Waals surface area contributed by atoms with E-state index in [2.05, 4.69) is 144 Å². The molecule has 0 amide bonds. The molecule has 10 rings (SSSR count). The lowest BCUT2D eigenvalue weighted by Gasteiger charge is -2.14. The number of fused-ring (bicyclic) bond motifs is 8. The molecule has 0 N–H and O–H groups in total. The predicted octanol–water partition coefficient (Wildman–Crippen LogP) is 11.6. The largest absolute Gasteiger partial charge is 0.309 e. The SMILES string of the molecule is c1cc(-c2nc3ccccc3nc2-c2cccc3c2sc2ccccc23)cc(-n2c3ccccc3c3cc4ccccc4cc32)c1. The summed E-state index contributed by atoms with van der Waals surface area (Å²) in [4.78, 5) is 10.6. The highest BCUT2D eigenvalue weighted by atomic mass is 32.1. The molecule has 0 aliphatic carbocycles.